The molecule has 1 aliphatic carbocycles. The Hall–Kier alpha value is -1.33. The lowest BCUT2D eigenvalue weighted by atomic mass is 9.85. The summed E-state index contributed by atoms with van der Waals surface area (Å²) in [6.07, 6.45) is 9.28. The molecule has 1 aliphatic rings. The van der Waals surface area contributed by atoms with E-state index >= 15 is 0 Å². The van der Waals surface area contributed by atoms with E-state index in [1.165, 1.54) is 0 Å². The monoisotopic (exact) mass is 444 g/mol. The van der Waals surface area contributed by atoms with Gasteiger partial charge >= 0.3 is 11.9 Å². The summed E-state index contributed by atoms with van der Waals surface area (Å²) in [4.78, 5) is 35.6. The molecule has 0 aromatic carbocycles. The van der Waals surface area contributed by atoms with Crippen LogP contribution in [0.15, 0.2) is 0 Å². The minimum atomic E-state index is -3.22. The molecular formula is C25H42F2O4. The number of halogens is 2. The van der Waals surface area contributed by atoms with Gasteiger partial charge in [-0.25, -0.2) is 0 Å². The van der Waals surface area contributed by atoms with Gasteiger partial charge in [0.15, 0.2) is 0 Å². The van der Waals surface area contributed by atoms with Crippen LogP contribution in [-0.4, -0.2) is 29.6 Å². The van der Waals surface area contributed by atoms with Gasteiger partial charge in [-0.05, 0) is 51.9 Å². The van der Waals surface area contributed by atoms with Gasteiger partial charge in [0.2, 0.25) is 5.78 Å². The van der Waals surface area contributed by atoms with Gasteiger partial charge in [0, 0.05) is 31.6 Å². The van der Waals surface area contributed by atoms with Crippen molar-refractivity contribution in [2.24, 2.45) is 11.8 Å². The molecule has 0 saturated heterocycles. The van der Waals surface area contributed by atoms with Crippen LogP contribution in [0, 0.1) is 11.8 Å². The van der Waals surface area contributed by atoms with Gasteiger partial charge in [0.25, 0.3) is 0 Å². The van der Waals surface area contributed by atoms with Crippen LogP contribution >= 0.6 is 0 Å². The molecule has 1 fully saturated rings. The smallest absolute Gasteiger partial charge is 0.306 e. The highest BCUT2D eigenvalue weighted by Crippen LogP contribution is 2.37. The van der Waals surface area contributed by atoms with E-state index in [0.717, 1.165) is 51.4 Å². The third-order valence-electron chi connectivity index (χ3n) is 6.25. The molecule has 1 rings (SSSR count). The van der Waals surface area contributed by atoms with E-state index in [0.29, 0.717) is 32.1 Å². The second-order valence-corrected chi connectivity index (χ2v) is 9.34. The Morgan fingerprint density at radius 2 is 1.65 bits per heavy atom. The lowest BCUT2D eigenvalue weighted by molar-refractivity contribution is -0.147. The van der Waals surface area contributed by atoms with Gasteiger partial charge in [0.1, 0.15) is 5.78 Å². The van der Waals surface area contributed by atoms with Crippen LogP contribution in [0.5, 0.6) is 0 Å². The molecule has 0 aromatic heterocycles. The summed E-state index contributed by atoms with van der Waals surface area (Å²) in [6.45, 7) is 5.52. The number of carbonyl (C=O) groups is 3. The number of esters is 1. The van der Waals surface area contributed by atoms with E-state index in [4.69, 9.17) is 4.74 Å². The maximum atomic E-state index is 13.9. The average Bonchev–Trinajstić information content (AvgIpc) is 3.05. The van der Waals surface area contributed by atoms with Gasteiger partial charge in [-0.2, -0.15) is 8.78 Å². The van der Waals surface area contributed by atoms with E-state index < -0.39 is 11.7 Å². The van der Waals surface area contributed by atoms with Gasteiger partial charge in [-0.15, -0.1) is 0 Å². The van der Waals surface area contributed by atoms with Crippen molar-refractivity contribution >= 4 is 17.5 Å². The average molecular weight is 445 g/mol. The van der Waals surface area contributed by atoms with Crippen LogP contribution in [0.4, 0.5) is 8.78 Å². The number of Topliss-reactive ketones (excluding diaryl/α,β-unsaturated/α-hetero) is 2. The number of rotatable bonds is 17. The Balaban J connectivity index is 2.21. The summed E-state index contributed by atoms with van der Waals surface area (Å²) in [5.74, 6) is -4.08. The van der Waals surface area contributed by atoms with Crippen LogP contribution < -0.4 is 0 Å². The molecule has 0 heterocycles. The van der Waals surface area contributed by atoms with Crippen molar-refractivity contribution in [3.05, 3.63) is 0 Å². The number of unbranched alkanes of at least 4 members (excludes halogenated alkanes) is 6. The molecule has 1 saturated carbocycles. The van der Waals surface area contributed by atoms with Crippen molar-refractivity contribution in [2.45, 2.75) is 129 Å². The third-order valence-corrected chi connectivity index (χ3v) is 6.25. The van der Waals surface area contributed by atoms with Crippen LogP contribution in [0.25, 0.3) is 0 Å². The van der Waals surface area contributed by atoms with Gasteiger partial charge in [-0.1, -0.05) is 45.4 Å². The second-order valence-electron chi connectivity index (χ2n) is 9.34. The first kappa shape index (κ1) is 27.7. The lowest BCUT2D eigenvalue weighted by Gasteiger charge is -2.20. The number of alkyl halides is 2. The molecule has 0 aromatic rings. The fourth-order valence-electron chi connectivity index (χ4n) is 4.42. The Kier molecular flexibility index (Phi) is 13.1. The number of carbonyl (C=O) groups excluding carboxylic acids is 3. The van der Waals surface area contributed by atoms with Crippen molar-refractivity contribution in [1.29, 1.82) is 0 Å². The molecule has 0 spiro atoms. The molecule has 0 amide bonds. The summed E-state index contributed by atoms with van der Waals surface area (Å²) in [5, 5.41) is 0. The van der Waals surface area contributed by atoms with E-state index in [-0.39, 0.29) is 42.5 Å². The molecule has 0 radical (unpaired) electrons. The number of ether oxygens (including phenoxy) is 1. The summed E-state index contributed by atoms with van der Waals surface area (Å²) < 4.78 is 32.9. The molecule has 180 valence electrons. The van der Waals surface area contributed by atoms with Crippen LogP contribution in [-0.2, 0) is 19.1 Å². The predicted octanol–water partition coefficient (Wildman–Crippen LogP) is 6.83. The number of hydrogen-bond donors (Lipinski definition) is 0. The Morgan fingerprint density at radius 3 is 2.29 bits per heavy atom. The summed E-state index contributed by atoms with van der Waals surface area (Å²) >= 11 is 0. The van der Waals surface area contributed by atoms with E-state index in [2.05, 4.69) is 0 Å². The number of ketones is 2. The van der Waals surface area contributed by atoms with Gasteiger partial charge in [0.05, 0.1) is 6.10 Å². The molecule has 0 aliphatic heterocycles. The number of hydrogen-bond acceptors (Lipinski definition) is 4. The molecular weight excluding hydrogens is 402 g/mol. The third kappa shape index (κ3) is 11.2. The van der Waals surface area contributed by atoms with Gasteiger partial charge in [-0.3, -0.25) is 14.4 Å². The van der Waals surface area contributed by atoms with Crippen molar-refractivity contribution < 1.29 is 27.9 Å². The predicted molar refractivity (Wildman–Crippen MR) is 118 cm³/mol. The highest BCUT2D eigenvalue weighted by Gasteiger charge is 2.39. The fourth-order valence-corrected chi connectivity index (χ4v) is 4.42. The molecule has 0 bridgehead atoms. The molecule has 0 unspecified atom stereocenters. The Labute approximate surface area is 186 Å². The van der Waals surface area contributed by atoms with E-state index in [1.54, 1.807) is 0 Å². The minimum absolute atomic E-state index is 0.0645. The normalized spacial score (nSPS) is 19.2. The van der Waals surface area contributed by atoms with Crippen molar-refractivity contribution in [1.82, 2.24) is 0 Å². The Morgan fingerprint density at radius 1 is 1.00 bits per heavy atom. The van der Waals surface area contributed by atoms with Crippen LogP contribution in [0.3, 0.4) is 0 Å². The first-order valence-electron chi connectivity index (χ1n) is 12.3. The molecule has 6 heteroatoms. The molecule has 2 atom stereocenters. The topological polar surface area (TPSA) is 60.4 Å². The van der Waals surface area contributed by atoms with Crippen molar-refractivity contribution in [2.75, 3.05) is 0 Å². The first-order valence-corrected chi connectivity index (χ1v) is 12.3. The SMILES string of the molecule is CCCCC(F)(F)C(=O)CC[C@H]1CCC(=O)[C@@H]1CCCCCCCCC(=O)OC(C)C. The Bertz CT molecular complexity index is 560. The van der Waals surface area contributed by atoms with Crippen molar-refractivity contribution in [3.8, 4) is 0 Å². The fraction of sp³-hybridized carbons (Fsp3) is 0.880. The van der Waals surface area contributed by atoms with Gasteiger partial charge < -0.3 is 4.74 Å². The van der Waals surface area contributed by atoms with Crippen LogP contribution in [0.2, 0.25) is 0 Å². The lowest BCUT2D eigenvalue weighted by Crippen LogP contribution is -2.29. The summed E-state index contributed by atoms with van der Waals surface area (Å²) in [7, 11) is 0. The zero-order valence-electron chi connectivity index (χ0n) is 19.7. The zero-order chi connectivity index (χ0) is 23.3. The maximum Gasteiger partial charge on any atom is 0.306 e. The highest BCUT2D eigenvalue weighted by molar-refractivity contribution is 5.86. The first-order chi connectivity index (χ1) is 14.7. The van der Waals surface area contributed by atoms with Crippen molar-refractivity contribution in [3.63, 3.8) is 0 Å². The molecule has 31 heavy (non-hydrogen) atoms. The largest absolute Gasteiger partial charge is 0.463 e. The molecule has 0 N–H and O–H groups in total. The zero-order valence-corrected chi connectivity index (χ0v) is 19.7. The maximum absolute atomic E-state index is 13.9. The minimum Gasteiger partial charge on any atom is -0.463 e. The molecule has 4 nitrogen and oxygen atoms in total. The summed E-state index contributed by atoms with van der Waals surface area (Å²) in [6, 6.07) is 0. The van der Waals surface area contributed by atoms with Crippen LogP contribution in [0.1, 0.15) is 117 Å². The summed E-state index contributed by atoms with van der Waals surface area (Å²) in [5.41, 5.74) is 0. The second kappa shape index (κ2) is 14.7. The highest BCUT2D eigenvalue weighted by atomic mass is 19.3. The quantitative estimate of drug-likeness (QED) is 0.182. The van der Waals surface area contributed by atoms with E-state index in [9.17, 15) is 23.2 Å². The standard InChI is InChI=1S/C25H42F2O4/c1-4-5-18-25(26,27)23(29)17-15-20-14-16-22(28)21(20)12-10-8-6-7-9-11-13-24(30)31-19(2)3/h19-21H,4-18H2,1-3H3/t20-,21-/m1/s1. The van der Waals surface area contributed by atoms with E-state index in [1.807, 2.05) is 20.8 Å².